The second-order valence-corrected chi connectivity index (χ2v) is 4.81. The van der Waals surface area contributed by atoms with Gasteiger partial charge in [0.25, 0.3) is 0 Å². The van der Waals surface area contributed by atoms with Gasteiger partial charge in [-0.25, -0.2) is 4.79 Å². The quantitative estimate of drug-likeness (QED) is 0.587. The molecule has 0 N–H and O–H groups in total. The molecule has 0 fully saturated rings. The fourth-order valence-electron chi connectivity index (χ4n) is 1.54. The van der Waals surface area contributed by atoms with Gasteiger partial charge in [0.1, 0.15) is 6.29 Å². The third-order valence-corrected chi connectivity index (χ3v) is 2.54. The Morgan fingerprint density at radius 2 is 2.00 bits per heavy atom. The van der Waals surface area contributed by atoms with Gasteiger partial charge in [-0.1, -0.05) is 26.8 Å². The standard InChI is InChI=1S/C12H15O3P/c1-12(2,3)10-5-4-8(11(14)15-16)6-9(10)7-13/h4-7H,16H2,1-3H3. The average molecular weight is 238 g/mol. The maximum absolute atomic E-state index is 11.3. The van der Waals surface area contributed by atoms with Gasteiger partial charge in [-0.05, 0) is 23.1 Å². The molecular weight excluding hydrogens is 223 g/mol. The molecule has 0 aliphatic heterocycles. The van der Waals surface area contributed by atoms with Crippen LogP contribution in [-0.2, 0) is 9.94 Å². The Kier molecular flexibility index (Phi) is 3.82. The molecule has 16 heavy (non-hydrogen) atoms. The molecule has 0 aromatic heterocycles. The number of rotatable bonds is 2. The summed E-state index contributed by atoms with van der Waals surface area (Å²) in [5, 5.41) is 0. The Morgan fingerprint density at radius 1 is 1.38 bits per heavy atom. The summed E-state index contributed by atoms with van der Waals surface area (Å²) in [6.45, 7) is 6.05. The molecule has 1 aromatic rings. The van der Waals surface area contributed by atoms with Crippen molar-refractivity contribution in [3.8, 4) is 0 Å². The molecule has 0 aliphatic carbocycles. The zero-order chi connectivity index (χ0) is 12.3. The van der Waals surface area contributed by atoms with Gasteiger partial charge in [0.15, 0.2) is 0 Å². The molecule has 0 saturated carbocycles. The second-order valence-electron chi connectivity index (χ2n) is 4.58. The van der Waals surface area contributed by atoms with Gasteiger partial charge in [0.05, 0.1) is 15.0 Å². The Labute approximate surface area is 97.5 Å². The number of carbonyl (C=O) groups excluding carboxylic acids is 2. The van der Waals surface area contributed by atoms with E-state index in [1.807, 2.05) is 30.2 Å². The molecule has 3 nitrogen and oxygen atoms in total. The molecule has 86 valence electrons. The molecule has 0 radical (unpaired) electrons. The fraction of sp³-hybridized carbons (Fsp3) is 0.333. The van der Waals surface area contributed by atoms with Crippen molar-refractivity contribution in [2.24, 2.45) is 0 Å². The van der Waals surface area contributed by atoms with E-state index < -0.39 is 5.97 Å². The minimum atomic E-state index is -0.464. The maximum atomic E-state index is 11.3. The van der Waals surface area contributed by atoms with Crippen molar-refractivity contribution in [3.05, 3.63) is 34.9 Å². The van der Waals surface area contributed by atoms with Gasteiger partial charge in [0, 0.05) is 5.56 Å². The Morgan fingerprint density at radius 3 is 2.44 bits per heavy atom. The number of benzene rings is 1. The monoisotopic (exact) mass is 238 g/mol. The van der Waals surface area contributed by atoms with Gasteiger partial charge >= 0.3 is 5.97 Å². The molecule has 1 atom stereocenters. The van der Waals surface area contributed by atoms with E-state index in [0.717, 1.165) is 11.8 Å². The van der Waals surface area contributed by atoms with Gasteiger partial charge in [-0.2, -0.15) is 0 Å². The molecule has 0 heterocycles. The highest BCUT2D eigenvalue weighted by Gasteiger charge is 2.19. The lowest BCUT2D eigenvalue weighted by molar-refractivity contribution is 0.0765. The fourth-order valence-corrected chi connectivity index (χ4v) is 1.67. The third kappa shape index (κ3) is 2.67. The van der Waals surface area contributed by atoms with Crippen molar-refractivity contribution >= 4 is 21.7 Å². The van der Waals surface area contributed by atoms with Crippen molar-refractivity contribution < 1.29 is 14.1 Å². The van der Waals surface area contributed by atoms with Crippen molar-refractivity contribution in [2.45, 2.75) is 26.2 Å². The first-order chi connectivity index (χ1) is 7.40. The molecule has 0 spiro atoms. The van der Waals surface area contributed by atoms with Crippen LogP contribution in [0.25, 0.3) is 0 Å². The number of hydrogen-bond donors (Lipinski definition) is 0. The Hall–Kier alpha value is -1.21. The van der Waals surface area contributed by atoms with Crippen LogP contribution in [0.5, 0.6) is 0 Å². The van der Waals surface area contributed by atoms with Gasteiger partial charge < -0.3 is 4.52 Å². The van der Waals surface area contributed by atoms with Crippen LogP contribution in [-0.4, -0.2) is 12.3 Å². The Balaban J connectivity index is 3.28. The Bertz CT molecular complexity index is 419. The summed E-state index contributed by atoms with van der Waals surface area (Å²) >= 11 is 0. The molecule has 1 aromatic carbocycles. The first-order valence-corrected chi connectivity index (χ1v) is 5.38. The summed E-state index contributed by atoms with van der Waals surface area (Å²) in [5.74, 6) is -0.464. The number of aldehydes is 1. The molecule has 0 saturated heterocycles. The average Bonchev–Trinajstić information content (AvgIpc) is 2.25. The minimum Gasteiger partial charge on any atom is -0.448 e. The first kappa shape index (κ1) is 12.9. The highest BCUT2D eigenvalue weighted by atomic mass is 31.0. The summed E-state index contributed by atoms with van der Waals surface area (Å²) in [6.07, 6.45) is 0.764. The lowest BCUT2D eigenvalue weighted by Crippen LogP contribution is -2.15. The zero-order valence-electron chi connectivity index (χ0n) is 9.61. The van der Waals surface area contributed by atoms with Crippen molar-refractivity contribution in [2.75, 3.05) is 0 Å². The van der Waals surface area contributed by atoms with E-state index in [4.69, 9.17) is 0 Å². The van der Waals surface area contributed by atoms with E-state index >= 15 is 0 Å². The summed E-state index contributed by atoms with van der Waals surface area (Å²) < 4.78 is 4.52. The van der Waals surface area contributed by atoms with E-state index in [9.17, 15) is 9.59 Å². The van der Waals surface area contributed by atoms with Gasteiger partial charge in [-0.3, -0.25) is 4.79 Å². The topological polar surface area (TPSA) is 43.4 Å². The predicted octanol–water partition coefficient (Wildman–Crippen LogP) is 2.74. The largest absolute Gasteiger partial charge is 0.448 e. The lowest BCUT2D eigenvalue weighted by Gasteiger charge is -2.21. The predicted molar refractivity (Wildman–Crippen MR) is 65.7 cm³/mol. The highest BCUT2D eigenvalue weighted by Crippen LogP contribution is 2.26. The molecule has 1 unspecified atom stereocenters. The summed E-state index contributed by atoms with van der Waals surface area (Å²) in [6, 6.07) is 5.01. The molecule has 0 bridgehead atoms. The summed E-state index contributed by atoms with van der Waals surface area (Å²) in [4.78, 5) is 22.3. The third-order valence-electron chi connectivity index (χ3n) is 2.33. The van der Waals surface area contributed by atoms with Crippen LogP contribution >= 0.6 is 9.47 Å². The van der Waals surface area contributed by atoms with Crippen LogP contribution in [0.15, 0.2) is 18.2 Å². The van der Waals surface area contributed by atoms with Crippen LogP contribution in [0, 0.1) is 0 Å². The molecule has 1 rings (SSSR count). The van der Waals surface area contributed by atoms with Crippen LogP contribution in [0.1, 0.15) is 47.1 Å². The lowest BCUT2D eigenvalue weighted by atomic mass is 9.83. The SMILES string of the molecule is CC(C)(C)c1ccc(C(=O)OP)cc1C=O. The van der Waals surface area contributed by atoms with Gasteiger partial charge in [0.2, 0.25) is 0 Å². The van der Waals surface area contributed by atoms with E-state index in [0.29, 0.717) is 11.1 Å². The first-order valence-electron chi connectivity index (χ1n) is 4.91. The van der Waals surface area contributed by atoms with Crippen LogP contribution in [0.4, 0.5) is 0 Å². The highest BCUT2D eigenvalue weighted by molar-refractivity contribution is 7.10. The smallest absolute Gasteiger partial charge is 0.340 e. The molecule has 0 amide bonds. The van der Waals surface area contributed by atoms with E-state index in [-0.39, 0.29) is 5.41 Å². The molecule has 4 heteroatoms. The van der Waals surface area contributed by atoms with Gasteiger partial charge in [-0.15, -0.1) is 0 Å². The maximum Gasteiger partial charge on any atom is 0.340 e. The van der Waals surface area contributed by atoms with Crippen molar-refractivity contribution in [1.29, 1.82) is 0 Å². The molecular formula is C12H15O3P. The minimum absolute atomic E-state index is 0.125. The van der Waals surface area contributed by atoms with Crippen LogP contribution in [0.2, 0.25) is 0 Å². The molecule has 0 aliphatic rings. The summed E-state index contributed by atoms with van der Waals surface area (Å²) in [7, 11) is 1.90. The normalized spacial score (nSPS) is 11.0. The van der Waals surface area contributed by atoms with Crippen molar-refractivity contribution in [3.63, 3.8) is 0 Å². The number of hydrogen-bond acceptors (Lipinski definition) is 3. The van der Waals surface area contributed by atoms with E-state index in [1.165, 1.54) is 0 Å². The second kappa shape index (κ2) is 4.75. The zero-order valence-corrected chi connectivity index (χ0v) is 10.8. The van der Waals surface area contributed by atoms with Crippen LogP contribution in [0.3, 0.4) is 0 Å². The van der Waals surface area contributed by atoms with E-state index in [1.54, 1.807) is 18.2 Å². The van der Waals surface area contributed by atoms with E-state index in [2.05, 4.69) is 4.52 Å². The number of carbonyl (C=O) groups is 2. The van der Waals surface area contributed by atoms with Crippen LogP contribution < -0.4 is 0 Å². The summed E-state index contributed by atoms with van der Waals surface area (Å²) in [5.41, 5.74) is 1.70. The van der Waals surface area contributed by atoms with Crippen molar-refractivity contribution in [1.82, 2.24) is 0 Å².